The van der Waals surface area contributed by atoms with Crippen LogP contribution in [0.2, 0.25) is 0 Å². The predicted octanol–water partition coefficient (Wildman–Crippen LogP) is 3.42. The molecule has 0 bridgehead atoms. The molecule has 1 amide bonds. The fraction of sp³-hybridized carbons (Fsp3) is 0.421. The molecule has 2 aromatic rings. The number of rotatable bonds is 4. The highest BCUT2D eigenvalue weighted by atomic mass is 16.2. The van der Waals surface area contributed by atoms with Gasteiger partial charge in [-0.15, -0.1) is 0 Å². The first-order valence-corrected chi connectivity index (χ1v) is 8.27. The first-order chi connectivity index (χ1) is 11.1. The van der Waals surface area contributed by atoms with Crippen molar-refractivity contribution in [3.05, 3.63) is 53.3 Å². The maximum Gasteiger partial charge on any atom is 0.238 e. The lowest BCUT2D eigenvalue weighted by Gasteiger charge is -2.24. The Hall–Kier alpha value is -2.07. The van der Waals surface area contributed by atoms with Crippen LogP contribution in [-0.2, 0) is 11.8 Å². The number of likely N-dealkylation sites (tertiary alicyclic amines) is 1. The largest absolute Gasteiger partial charge is 0.353 e. The third-order valence-electron chi connectivity index (χ3n) is 4.91. The van der Waals surface area contributed by atoms with Gasteiger partial charge in [-0.2, -0.15) is 0 Å². The highest BCUT2D eigenvalue weighted by Crippen LogP contribution is 2.31. The van der Waals surface area contributed by atoms with Gasteiger partial charge >= 0.3 is 0 Å². The van der Waals surface area contributed by atoms with Gasteiger partial charge in [0.15, 0.2) is 0 Å². The molecular weight excluding hydrogens is 286 g/mol. The minimum absolute atomic E-state index is 0.0693. The highest BCUT2D eigenvalue weighted by Gasteiger charge is 2.29. The lowest BCUT2D eigenvalue weighted by Crippen LogP contribution is -2.33. The summed E-state index contributed by atoms with van der Waals surface area (Å²) in [4.78, 5) is 14.8. The van der Waals surface area contributed by atoms with Gasteiger partial charge in [0, 0.05) is 24.6 Å². The van der Waals surface area contributed by atoms with E-state index in [0.717, 1.165) is 30.6 Å². The lowest BCUT2D eigenvalue weighted by molar-refractivity contribution is -0.117. The molecular formula is C19H25N3O. The number of carbonyl (C=O) groups is 1. The summed E-state index contributed by atoms with van der Waals surface area (Å²) in [6.07, 6.45) is 4.34. The van der Waals surface area contributed by atoms with E-state index in [-0.39, 0.29) is 5.91 Å². The third-order valence-corrected chi connectivity index (χ3v) is 4.91. The van der Waals surface area contributed by atoms with Crippen molar-refractivity contribution in [1.29, 1.82) is 0 Å². The Balaban J connectivity index is 1.67. The van der Waals surface area contributed by atoms with E-state index in [2.05, 4.69) is 53.2 Å². The highest BCUT2D eigenvalue weighted by molar-refractivity contribution is 5.93. The first kappa shape index (κ1) is 15.8. The molecule has 1 aromatic carbocycles. The summed E-state index contributed by atoms with van der Waals surface area (Å²) in [5.41, 5.74) is 4.55. The van der Waals surface area contributed by atoms with E-state index in [4.69, 9.17) is 0 Å². The smallest absolute Gasteiger partial charge is 0.238 e. The van der Waals surface area contributed by atoms with Gasteiger partial charge in [-0.1, -0.05) is 12.1 Å². The molecule has 1 saturated heterocycles. The molecule has 1 aliphatic heterocycles. The van der Waals surface area contributed by atoms with E-state index in [9.17, 15) is 4.79 Å². The van der Waals surface area contributed by atoms with E-state index in [1.54, 1.807) is 0 Å². The Labute approximate surface area is 138 Å². The third kappa shape index (κ3) is 3.32. The minimum atomic E-state index is 0.0693. The SMILES string of the molecule is Cc1cccc(NC(=O)CN2CCC[C@H]2c2cccn2C)c1C. The average Bonchev–Trinajstić information content (AvgIpc) is 3.12. The van der Waals surface area contributed by atoms with Crippen molar-refractivity contribution in [2.45, 2.75) is 32.7 Å². The zero-order valence-electron chi connectivity index (χ0n) is 14.2. The molecule has 4 nitrogen and oxygen atoms in total. The van der Waals surface area contributed by atoms with Crippen molar-refractivity contribution in [1.82, 2.24) is 9.47 Å². The van der Waals surface area contributed by atoms with Gasteiger partial charge in [0.25, 0.3) is 0 Å². The molecule has 1 aromatic heterocycles. The molecule has 2 heterocycles. The van der Waals surface area contributed by atoms with Crippen molar-refractivity contribution in [3.63, 3.8) is 0 Å². The molecule has 0 unspecified atom stereocenters. The monoisotopic (exact) mass is 311 g/mol. The molecule has 122 valence electrons. The molecule has 1 aliphatic rings. The molecule has 0 saturated carbocycles. The van der Waals surface area contributed by atoms with Crippen LogP contribution in [0.5, 0.6) is 0 Å². The normalized spacial score (nSPS) is 18.3. The number of aromatic nitrogens is 1. The van der Waals surface area contributed by atoms with Crippen LogP contribution in [0, 0.1) is 13.8 Å². The molecule has 23 heavy (non-hydrogen) atoms. The number of hydrogen-bond acceptors (Lipinski definition) is 2. The number of carbonyl (C=O) groups excluding carboxylic acids is 1. The predicted molar refractivity (Wildman–Crippen MR) is 93.5 cm³/mol. The van der Waals surface area contributed by atoms with Crippen LogP contribution in [0.3, 0.4) is 0 Å². The number of anilines is 1. The fourth-order valence-electron chi connectivity index (χ4n) is 3.43. The maximum atomic E-state index is 12.5. The van der Waals surface area contributed by atoms with E-state index in [0.29, 0.717) is 12.6 Å². The molecule has 1 fully saturated rings. The zero-order chi connectivity index (χ0) is 16.4. The van der Waals surface area contributed by atoms with Gasteiger partial charge < -0.3 is 9.88 Å². The van der Waals surface area contributed by atoms with Crippen molar-refractivity contribution in [2.75, 3.05) is 18.4 Å². The standard InChI is InChI=1S/C19H25N3O/c1-14-7-4-8-16(15(14)2)20-19(23)13-22-12-6-10-18(22)17-9-5-11-21(17)3/h4-5,7-9,11,18H,6,10,12-13H2,1-3H3,(H,20,23)/t18-/m0/s1. The average molecular weight is 311 g/mol. The summed E-state index contributed by atoms with van der Waals surface area (Å²) in [5.74, 6) is 0.0693. The quantitative estimate of drug-likeness (QED) is 0.939. The Kier molecular flexibility index (Phi) is 4.53. The van der Waals surface area contributed by atoms with Crippen molar-refractivity contribution in [3.8, 4) is 0 Å². The number of benzene rings is 1. The van der Waals surface area contributed by atoms with Crippen molar-refractivity contribution in [2.24, 2.45) is 7.05 Å². The van der Waals surface area contributed by atoms with Crippen LogP contribution in [0.15, 0.2) is 36.5 Å². The number of hydrogen-bond donors (Lipinski definition) is 1. The second-order valence-electron chi connectivity index (χ2n) is 6.47. The molecule has 0 aliphatic carbocycles. The van der Waals surface area contributed by atoms with Gasteiger partial charge in [0.1, 0.15) is 0 Å². The molecule has 0 radical (unpaired) electrons. The van der Waals surface area contributed by atoms with E-state index in [1.165, 1.54) is 11.3 Å². The Morgan fingerprint density at radius 2 is 2.09 bits per heavy atom. The molecule has 1 N–H and O–H groups in total. The van der Waals surface area contributed by atoms with Gasteiger partial charge in [0.2, 0.25) is 5.91 Å². The fourth-order valence-corrected chi connectivity index (χ4v) is 3.43. The second-order valence-corrected chi connectivity index (χ2v) is 6.47. The summed E-state index contributed by atoms with van der Waals surface area (Å²) < 4.78 is 2.16. The van der Waals surface area contributed by atoms with E-state index in [1.807, 2.05) is 19.1 Å². The summed E-state index contributed by atoms with van der Waals surface area (Å²) in [6, 6.07) is 10.6. The Bertz CT molecular complexity index is 704. The zero-order valence-corrected chi connectivity index (χ0v) is 14.2. The summed E-state index contributed by atoms with van der Waals surface area (Å²) in [7, 11) is 2.07. The molecule has 4 heteroatoms. The summed E-state index contributed by atoms with van der Waals surface area (Å²) in [6.45, 7) is 5.55. The summed E-state index contributed by atoms with van der Waals surface area (Å²) in [5, 5.41) is 3.07. The number of aryl methyl sites for hydroxylation is 2. The molecule has 1 atom stereocenters. The van der Waals surface area contributed by atoms with Crippen LogP contribution >= 0.6 is 0 Å². The first-order valence-electron chi connectivity index (χ1n) is 8.27. The Morgan fingerprint density at radius 1 is 1.26 bits per heavy atom. The van der Waals surface area contributed by atoms with Crippen molar-refractivity contribution >= 4 is 11.6 Å². The van der Waals surface area contributed by atoms with Crippen LogP contribution < -0.4 is 5.32 Å². The lowest BCUT2D eigenvalue weighted by atomic mass is 10.1. The molecule has 3 rings (SSSR count). The van der Waals surface area contributed by atoms with Gasteiger partial charge in [0.05, 0.1) is 12.6 Å². The van der Waals surface area contributed by atoms with Crippen LogP contribution in [0.25, 0.3) is 0 Å². The van der Waals surface area contributed by atoms with Crippen molar-refractivity contribution < 1.29 is 4.79 Å². The topological polar surface area (TPSA) is 37.3 Å². The van der Waals surface area contributed by atoms with Gasteiger partial charge in [-0.25, -0.2) is 0 Å². The Morgan fingerprint density at radius 3 is 2.83 bits per heavy atom. The number of nitrogens with zero attached hydrogens (tertiary/aromatic N) is 2. The summed E-state index contributed by atoms with van der Waals surface area (Å²) >= 11 is 0. The maximum absolute atomic E-state index is 12.5. The number of amides is 1. The minimum Gasteiger partial charge on any atom is -0.353 e. The van der Waals surface area contributed by atoms with Crippen LogP contribution in [-0.4, -0.2) is 28.5 Å². The van der Waals surface area contributed by atoms with Gasteiger partial charge in [-0.3, -0.25) is 9.69 Å². The van der Waals surface area contributed by atoms with Gasteiger partial charge in [-0.05, 0) is 62.6 Å². The van der Waals surface area contributed by atoms with E-state index >= 15 is 0 Å². The van der Waals surface area contributed by atoms with E-state index < -0.39 is 0 Å². The van der Waals surface area contributed by atoms with Crippen LogP contribution in [0.1, 0.15) is 35.7 Å². The van der Waals surface area contributed by atoms with Crippen LogP contribution in [0.4, 0.5) is 5.69 Å². The molecule has 0 spiro atoms. The second kappa shape index (κ2) is 6.59. The number of nitrogens with one attached hydrogen (secondary N) is 1.